The summed E-state index contributed by atoms with van der Waals surface area (Å²) in [4.78, 5) is 14.8. The molecule has 0 aromatic carbocycles. The van der Waals surface area contributed by atoms with E-state index in [2.05, 4.69) is 4.98 Å². The molecule has 0 aliphatic heterocycles. The van der Waals surface area contributed by atoms with Gasteiger partial charge in [-0.15, -0.1) is 0 Å². The molecule has 0 spiro atoms. The third-order valence-corrected chi connectivity index (χ3v) is 2.41. The Morgan fingerprint density at radius 3 is 3.08 bits per heavy atom. The summed E-state index contributed by atoms with van der Waals surface area (Å²) >= 11 is 0. The molecule has 0 saturated carbocycles. The van der Waals surface area contributed by atoms with Crippen molar-refractivity contribution in [3.8, 4) is 0 Å². The highest BCUT2D eigenvalue weighted by atomic mass is 16.4. The van der Waals surface area contributed by atoms with Gasteiger partial charge in [0, 0.05) is 17.5 Å². The van der Waals surface area contributed by atoms with Gasteiger partial charge in [0.2, 0.25) is 0 Å². The normalized spacial score (nSPS) is 25.6. The number of aryl methyl sites for hydroxylation is 1. The number of nitrogens with zero attached hydrogens (tertiary/aromatic N) is 1. The largest absolute Gasteiger partial charge is 0.479 e. The molecule has 4 heteroatoms. The van der Waals surface area contributed by atoms with Crippen molar-refractivity contribution in [3.63, 3.8) is 0 Å². The fraction of sp³-hybridized carbons (Fsp3) is 0.333. The van der Waals surface area contributed by atoms with Crippen molar-refractivity contribution in [2.45, 2.75) is 18.4 Å². The molecular formula is C9H9NO3. The number of aromatic nitrogens is 1. The first-order valence-corrected chi connectivity index (χ1v) is 4.05. The van der Waals surface area contributed by atoms with E-state index < -0.39 is 11.6 Å². The highest BCUT2D eigenvalue weighted by molar-refractivity contribution is 5.80. The number of pyridine rings is 1. The lowest BCUT2D eigenvalue weighted by Crippen LogP contribution is -2.32. The predicted molar refractivity (Wildman–Crippen MR) is 44.1 cm³/mol. The molecular weight excluding hydrogens is 170 g/mol. The lowest BCUT2D eigenvalue weighted by molar-refractivity contribution is -0.159. The van der Waals surface area contributed by atoms with E-state index in [1.807, 2.05) is 0 Å². The smallest absolute Gasteiger partial charge is 0.340 e. The van der Waals surface area contributed by atoms with Crippen molar-refractivity contribution in [1.29, 1.82) is 0 Å². The van der Waals surface area contributed by atoms with E-state index in [1.54, 1.807) is 18.3 Å². The molecule has 1 aromatic heterocycles. The van der Waals surface area contributed by atoms with Crippen LogP contribution in [0.4, 0.5) is 0 Å². The first-order valence-electron chi connectivity index (χ1n) is 4.05. The van der Waals surface area contributed by atoms with Crippen molar-refractivity contribution < 1.29 is 15.0 Å². The Labute approximate surface area is 74.9 Å². The molecule has 1 heterocycles. The van der Waals surface area contributed by atoms with Gasteiger partial charge in [0.05, 0.1) is 0 Å². The Balaban J connectivity index is 2.55. The van der Waals surface area contributed by atoms with Crippen LogP contribution in [0.5, 0.6) is 0 Å². The Hall–Kier alpha value is -1.42. The van der Waals surface area contributed by atoms with Crippen LogP contribution in [-0.4, -0.2) is 21.2 Å². The van der Waals surface area contributed by atoms with Gasteiger partial charge in [-0.25, -0.2) is 4.79 Å². The third kappa shape index (κ3) is 1.02. The van der Waals surface area contributed by atoms with Gasteiger partial charge in [-0.3, -0.25) is 4.98 Å². The second-order valence-electron chi connectivity index (χ2n) is 3.16. The minimum atomic E-state index is -1.72. The standard InChI is InChI=1S/C9H9NO3/c11-8(12)9(13)4-3-7-6(9)2-1-5-10-7/h1-2,5,13H,3-4H2,(H,11,12). The molecule has 2 N–H and O–H groups in total. The summed E-state index contributed by atoms with van der Waals surface area (Å²) in [5.41, 5.74) is -0.598. The van der Waals surface area contributed by atoms with Crippen LogP contribution in [0, 0.1) is 0 Å². The van der Waals surface area contributed by atoms with Gasteiger partial charge in [0.25, 0.3) is 0 Å². The summed E-state index contributed by atoms with van der Waals surface area (Å²) in [5, 5.41) is 18.6. The molecule has 2 rings (SSSR count). The minimum Gasteiger partial charge on any atom is -0.479 e. The summed E-state index contributed by atoms with van der Waals surface area (Å²) in [7, 11) is 0. The lowest BCUT2D eigenvalue weighted by atomic mass is 9.98. The molecule has 68 valence electrons. The molecule has 1 atom stereocenters. The summed E-state index contributed by atoms with van der Waals surface area (Å²) in [5.74, 6) is -1.20. The molecule has 0 amide bonds. The summed E-state index contributed by atoms with van der Waals surface area (Å²) < 4.78 is 0. The van der Waals surface area contributed by atoms with E-state index in [0.717, 1.165) is 0 Å². The van der Waals surface area contributed by atoms with E-state index in [4.69, 9.17) is 5.11 Å². The minimum absolute atomic E-state index is 0.217. The molecule has 0 fully saturated rings. The monoisotopic (exact) mass is 179 g/mol. The Morgan fingerprint density at radius 1 is 1.62 bits per heavy atom. The Kier molecular flexibility index (Phi) is 1.60. The maximum absolute atomic E-state index is 10.8. The highest BCUT2D eigenvalue weighted by Gasteiger charge is 2.44. The molecule has 1 aliphatic carbocycles. The maximum atomic E-state index is 10.8. The lowest BCUT2D eigenvalue weighted by Gasteiger charge is -2.17. The van der Waals surface area contributed by atoms with Crippen LogP contribution in [0.2, 0.25) is 0 Å². The van der Waals surface area contributed by atoms with Crippen molar-refractivity contribution in [3.05, 3.63) is 29.6 Å². The van der Waals surface area contributed by atoms with Crippen LogP contribution < -0.4 is 0 Å². The van der Waals surface area contributed by atoms with E-state index in [-0.39, 0.29) is 6.42 Å². The van der Waals surface area contributed by atoms with E-state index in [0.29, 0.717) is 17.7 Å². The topological polar surface area (TPSA) is 70.4 Å². The molecule has 13 heavy (non-hydrogen) atoms. The number of rotatable bonds is 1. The van der Waals surface area contributed by atoms with Crippen molar-refractivity contribution in [2.75, 3.05) is 0 Å². The van der Waals surface area contributed by atoms with Gasteiger partial charge in [-0.2, -0.15) is 0 Å². The zero-order valence-electron chi connectivity index (χ0n) is 6.90. The fourth-order valence-corrected chi connectivity index (χ4v) is 1.67. The number of hydrogen-bond donors (Lipinski definition) is 2. The zero-order valence-corrected chi connectivity index (χ0v) is 6.90. The van der Waals surface area contributed by atoms with Crippen molar-refractivity contribution in [1.82, 2.24) is 4.98 Å². The SMILES string of the molecule is O=C(O)C1(O)CCc2ncccc21. The number of aliphatic hydroxyl groups is 1. The number of carbonyl (C=O) groups is 1. The Bertz CT molecular complexity index is 364. The predicted octanol–water partition coefficient (Wildman–Crippen LogP) is 0.300. The summed E-state index contributed by atoms with van der Waals surface area (Å²) in [6, 6.07) is 3.25. The van der Waals surface area contributed by atoms with E-state index >= 15 is 0 Å². The molecule has 0 bridgehead atoms. The van der Waals surface area contributed by atoms with Crippen molar-refractivity contribution in [2.24, 2.45) is 0 Å². The van der Waals surface area contributed by atoms with Crippen molar-refractivity contribution >= 4 is 5.97 Å². The molecule has 4 nitrogen and oxygen atoms in total. The van der Waals surface area contributed by atoms with Crippen LogP contribution >= 0.6 is 0 Å². The van der Waals surface area contributed by atoms with Crippen LogP contribution in [-0.2, 0) is 16.8 Å². The molecule has 0 radical (unpaired) electrons. The van der Waals surface area contributed by atoms with Gasteiger partial charge in [0.1, 0.15) is 0 Å². The van der Waals surface area contributed by atoms with Gasteiger partial charge in [-0.05, 0) is 18.9 Å². The number of aliphatic carboxylic acids is 1. The van der Waals surface area contributed by atoms with Crippen LogP contribution in [0.3, 0.4) is 0 Å². The second-order valence-corrected chi connectivity index (χ2v) is 3.16. The quantitative estimate of drug-likeness (QED) is 0.650. The van der Waals surface area contributed by atoms with Crippen LogP contribution in [0.1, 0.15) is 17.7 Å². The number of carboxylic acid groups (broad SMARTS) is 1. The molecule has 1 aromatic rings. The zero-order chi connectivity index (χ0) is 9.47. The van der Waals surface area contributed by atoms with Crippen LogP contribution in [0.25, 0.3) is 0 Å². The second kappa shape index (κ2) is 2.53. The average Bonchev–Trinajstić information content (AvgIpc) is 2.47. The van der Waals surface area contributed by atoms with E-state index in [9.17, 15) is 9.90 Å². The molecule has 1 unspecified atom stereocenters. The molecule has 1 aliphatic rings. The Morgan fingerprint density at radius 2 is 2.38 bits per heavy atom. The number of hydrogen-bond acceptors (Lipinski definition) is 3. The fourth-order valence-electron chi connectivity index (χ4n) is 1.67. The highest BCUT2D eigenvalue weighted by Crippen LogP contribution is 2.35. The van der Waals surface area contributed by atoms with Crippen LogP contribution in [0.15, 0.2) is 18.3 Å². The number of fused-ring (bicyclic) bond motifs is 1. The van der Waals surface area contributed by atoms with Gasteiger partial charge >= 0.3 is 5.97 Å². The molecule has 0 saturated heterocycles. The summed E-state index contributed by atoms with van der Waals surface area (Å²) in [6.45, 7) is 0. The first-order chi connectivity index (χ1) is 6.14. The average molecular weight is 179 g/mol. The van der Waals surface area contributed by atoms with Gasteiger partial charge < -0.3 is 10.2 Å². The first kappa shape index (κ1) is 8.19. The number of carboxylic acids is 1. The summed E-state index contributed by atoms with van der Waals surface area (Å²) in [6.07, 6.45) is 2.35. The third-order valence-electron chi connectivity index (χ3n) is 2.41. The van der Waals surface area contributed by atoms with Gasteiger partial charge in [-0.1, -0.05) is 6.07 Å². The van der Waals surface area contributed by atoms with E-state index in [1.165, 1.54) is 0 Å². The van der Waals surface area contributed by atoms with Gasteiger partial charge in [0.15, 0.2) is 5.60 Å². The maximum Gasteiger partial charge on any atom is 0.340 e.